The number of nitrogen functional groups attached to an aromatic ring is 1. The van der Waals surface area contributed by atoms with Crippen molar-refractivity contribution in [1.82, 2.24) is 9.97 Å². The molecule has 0 unspecified atom stereocenters. The average molecular weight is 275 g/mol. The Morgan fingerprint density at radius 1 is 1.21 bits per heavy atom. The van der Waals surface area contributed by atoms with Gasteiger partial charge in [-0.3, -0.25) is 0 Å². The summed E-state index contributed by atoms with van der Waals surface area (Å²) in [6, 6.07) is 6.64. The molecule has 0 saturated carbocycles. The van der Waals surface area contributed by atoms with E-state index in [0.717, 1.165) is 11.4 Å². The second kappa shape index (κ2) is 5.27. The molecule has 0 amide bonds. The normalized spacial score (nSPS) is 10.4. The lowest BCUT2D eigenvalue weighted by molar-refractivity contribution is 0.0693. The topological polar surface area (TPSA) is 89.1 Å². The Hall–Kier alpha value is -2.08. The summed E-state index contributed by atoms with van der Waals surface area (Å²) in [7, 11) is 0. The molecule has 0 aliphatic heterocycles. The maximum absolute atomic E-state index is 11.2. The van der Waals surface area contributed by atoms with E-state index in [1.165, 1.54) is 17.8 Å². The summed E-state index contributed by atoms with van der Waals surface area (Å²) in [6.45, 7) is 3.75. The van der Waals surface area contributed by atoms with Gasteiger partial charge < -0.3 is 10.8 Å². The molecule has 0 saturated heterocycles. The third kappa shape index (κ3) is 3.23. The zero-order valence-electron chi connectivity index (χ0n) is 10.5. The lowest BCUT2D eigenvalue weighted by Crippen LogP contribution is -2.01. The van der Waals surface area contributed by atoms with Gasteiger partial charge in [-0.1, -0.05) is 0 Å². The minimum atomic E-state index is -1.01. The van der Waals surface area contributed by atoms with Crippen LogP contribution in [0.5, 0.6) is 0 Å². The molecule has 0 aliphatic carbocycles. The van der Waals surface area contributed by atoms with Gasteiger partial charge in [-0.2, -0.15) is 0 Å². The number of carboxylic acid groups (broad SMARTS) is 1. The predicted molar refractivity (Wildman–Crippen MR) is 73.4 cm³/mol. The highest BCUT2D eigenvalue weighted by Crippen LogP contribution is 2.29. The van der Waals surface area contributed by atoms with E-state index in [1.54, 1.807) is 12.1 Å². The van der Waals surface area contributed by atoms with E-state index >= 15 is 0 Å². The largest absolute Gasteiger partial charge is 0.478 e. The molecule has 5 nitrogen and oxygen atoms in total. The third-order valence-electron chi connectivity index (χ3n) is 2.40. The van der Waals surface area contributed by atoms with Gasteiger partial charge in [-0.15, -0.1) is 0 Å². The van der Waals surface area contributed by atoms with Crippen LogP contribution in [0, 0.1) is 13.8 Å². The first-order valence-corrected chi connectivity index (χ1v) is 6.40. The quantitative estimate of drug-likeness (QED) is 0.661. The SMILES string of the molecule is Cc1cc(C)nc(Sc2ccc(N)cc2C(=O)O)n1. The Bertz CT molecular complexity index is 624. The molecule has 2 aromatic rings. The molecule has 1 aromatic heterocycles. The van der Waals surface area contributed by atoms with Crippen LogP contribution in [-0.4, -0.2) is 21.0 Å². The summed E-state index contributed by atoms with van der Waals surface area (Å²) >= 11 is 1.22. The lowest BCUT2D eigenvalue weighted by atomic mass is 10.2. The predicted octanol–water partition coefficient (Wildman–Crippen LogP) is 2.53. The zero-order chi connectivity index (χ0) is 14.0. The number of carboxylic acids is 1. The molecule has 0 bridgehead atoms. The zero-order valence-corrected chi connectivity index (χ0v) is 11.4. The van der Waals surface area contributed by atoms with Crippen molar-refractivity contribution in [2.45, 2.75) is 23.9 Å². The summed E-state index contributed by atoms with van der Waals surface area (Å²) in [5.74, 6) is -1.01. The van der Waals surface area contributed by atoms with Crippen LogP contribution in [0.2, 0.25) is 0 Å². The van der Waals surface area contributed by atoms with Crippen molar-refractivity contribution < 1.29 is 9.90 Å². The fourth-order valence-corrected chi connectivity index (χ4v) is 2.61. The molecule has 0 radical (unpaired) electrons. The van der Waals surface area contributed by atoms with E-state index in [-0.39, 0.29) is 5.56 Å². The van der Waals surface area contributed by atoms with E-state index < -0.39 is 5.97 Å². The Balaban J connectivity index is 2.40. The summed E-state index contributed by atoms with van der Waals surface area (Å²) in [5.41, 5.74) is 7.88. The fraction of sp³-hybridized carbons (Fsp3) is 0.154. The summed E-state index contributed by atoms with van der Waals surface area (Å²) in [6.07, 6.45) is 0. The second-order valence-electron chi connectivity index (χ2n) is 4.10. The van der Waals surface area contributed by atoms with Crippen molar-refractivity contribution in [3.63, 3.8) is 0 Å². The van der Waals surface area contributed by atoms with Crippen LogP contribution in [-0.2, 0) is 0 Å². The number of aromatic nitrogens is 2. The van der Waals surface area contributed by atoms with Gasteiger partial charge >= 0.3 is 5.97 Å². The molecule has 0 aliphatic rings. The van der Waals surface area contributed by atoms with Gasteiger partial charge in [0.1, 0.15) is 0 Å². The van der Waals surface area contributed by atoms with Gasteiger partial charge in [0.15, 0.2) is 5.16 Å². The first kappa shape index (κ1) is 13.4. The minimum Gasteiger partial charge on any atom is -0.478 e. The number of aromatic carboxylic acids is 1. The molecular formula is C13H13N3O2S. The van der Waals surface area contributed by atoms with Crippen LogP contribution in [0.3, 0.4) is 0 Å². The highest BCUT2D eigenvalue weighted by molar-refractivity contribution is 7.99. The van der Waals surface area contributed by atoms with Crippen LogP contribution in [0.4, 0.5) is 5.69 Å². The van der Waals surface area contributed by atoms with Crippen molar-refractivity contribution in [1.29, 1.82) is 0 Å². The summed E-state index contributed by atoms with van der Waals surface area (Å²) < 4.78 is 0. The van der Waals surface area contributed by atoms with Crippen LogP contribution in [0.25, 0.3) is 0 Å². The van der Waals surface area contributed by atoms with Crippen molar-refractivity contribution in [2.24, 2.45) is 0 Å². The van der Waals surface area contributed by atoms with E-state index in [4.69, 9.17) is 10.8 Å². The first-order chi connectivity index (χ1) is 8.95. The van der Waals surface area contributed by atoms with Crippen LogP contribution in [0.15, 0.2) is 34.3 Å². The number of hydrogen-bond acceptors (Lipinski definition) is 5. The van der Waals surface area contributed by atoms with Crippen molar-refractivity contribution in [2.75, 3.05) is 5.73 Å². The maximum Gasteiger partial charge on any atom is 0.336 e. The van der Waals surface area contributed by atoms with Gasteiger partial charge in [0.2, 0.25) is 0 Å². The van der Waals surface area contributed by atoms with E-state index in [1.807, 2.05) is 19.9 Å². The van der Waals surface area contributed by atoms with Gasteiger partial charge in [-0.05, 0) is 49.9 Å². The Kier molecular flexibility index (Phi) is 3.71. The third-order valence-corrected chi connectivity index (χ3v) is 3.34. The number of hydrogen-bond donors (Lipinski definition) is 2. The highest BCUT2D eigenvalue weighted by Gasteiger charge is 2.13. The number of nitrogens with two attached hydrogens (primary N) is 1. The summed E-state index contributed by atoms with van der Waals surface area (Å²) in [5, 5.41) is 9.70. The molecule has 0 atom stereocenters. The van der Waals surface area contributed by atoms with Crippen molar-refractivity contribution in [3.05, 3.63) is 41.2 Å². The van der Waals surface area contributed by atoms with Crippen LogP contribution in [0.1, 0.15) is 21.7 Å². The molecule has 1 aromatic carbocycles. The Morgan fingerprint density at radius 2 is 1.84 bits per heavy atom. The maximum atomic E-state index is 11.2. The number of nitrogens with zero attached hydrogens (tertiary/aromatic N) is 2. The summed E-state index contributed by atoms with van der Waals surface area (Å²) in [4.78, 5) is 20.3. The highest BCUT2D eigenvalue weighted by atomic mass is 32.2. The van der Waals surface area contributed by atoms with Crippen LogP contribution >= 0.6 is 11.8 Å². The van der Waals surface area contributed by atoms with Gasteiger partial charge in [-0.25, -0.2) is 14.8 Å². The van der Waals surface area contributed by atoms with E-state index in [9.17, 15) is 4.79 Å². The number of benzene rings is 1. The van der Waals surface area contributed by atoms with Crippen molar-refractivity contribution >= 4 is 23.4 Å². The molecule has 3 N–H and O–H groups in total. The number of aryl methyl sites for hydroxylation is 2. The van der Waals surface area contributed by atoms with Gasteiger partial charge in [0.05, 0.1) is 5.56 Å². The fourth-order valence-electron chi connectivity index (χ4n) is 1.64. The number of rotatable bonds is 3. The van der Waals surface area contributed by atoms with E-state index in [0.29, 0.717) is 15.7 Å². The van der Waals surface area contributed by atoms with Crippen molar-refractivity contribution in [3.8, 4) is 0 Å². The molecule has 19 heavy (non-hydrogen) atoms. The number of anilines is 1. The van der Waals surface area contributed by atoms with E-state index in [2.05, 4.69) is 9.97 Å². The van der Waals surface area contributed by atoms with Crippen LogP contribution < -0.4 is 5.73 Å². The van der Waals surface area contributed by atoms with Gasteiger partial charge in [0, 0.05) is 22.0 Å². The molecule has 6 heteroatoms. The smallest absolute Gasteiger partial charge is 0.336 e. The molecule has 0 fully saturated rings. The molecule has 98 valence electrons. The number of carbonyl (C=O) groups is 1. The molecular weight excluding hydrogens is 262 g/mol. The molecule has 2 rings (SSSR count). The Labute approximate surface area is 114 Å². The molecule has 1 heterocycles. The van der Waals surface area contributed by atoms with Gasteiger partial charge in [0.25, 0.3) is 0 Å². The monoisotopic (exact) mass is 275 g/mol. The first-order valence-electron chi connectivity index (χ1n) is 5.58. The Morgan fingerprint density at radius 3 is 2.42 bits per heavy atom. The lowest BCUT2D eigenvalue weighted by Gasteiger charge is -2.07. The second-order valence-corrected chi connectivity index (χ2v) is 5.11. The standard InChI is InChI=1S/C13H13N3O2S/c1-7-5-8(2)16-13(15-7)19-11-4-3-9(14)6-10(11)12(17)18/h3-6H,14H2,1-2H3,(H,17,18). The molecule has 0 spiro atoms. The average Bonchev–Trinajstić information content (AvgIpc) is 2.30. The minimum absolute atomic E-state index is 0.160.